The summed E-state index contributed by atoms with van der Waals surface area (Å²) in [5.41, 5.74) is 2.99. The van der Waals surface area contributed by atoms with Gasteiger partial charge >= 0.3 is 23.9 Å². The lowest BCUT2D eigenvalue weighted by atomic mass is 9.85. The van der Waals surface area contributed by atoms with Crippen molar-refractivity contribution in [3.8, 4) is 17.2 Å². The molecule has 0 radical (unpaired) electrons. The fourth-order valence-electron chi connectivity index (χ4n) is 4.57. The molecule has 230 valence electrons. The van der Waals surface area contributed by atoms with Crippen LogP contribution in [0.3, 0.4) is 0 Å². The molecular formula is C31H35NO11. The molecule has 0 aliphatic carbocycles. The van der Waals surface area contributed by atoms with Crippen molar-refractivity contribution in [1.29, 1.82) is 0 Å². The minimum atomic E-state index is -1.10. The number of phenolic OH excluding ortho intramolecular Hbond substituents is 2. The predicted octanol–water partition coefficient (Wildman–Crippen LogP) is 3.05. The summed E-state index contributed by atoms with van der Waals surface area (Å²) in [6.07, 6.45) is -1.12. The normalized spacial score (nSPS) is 10.9. The van der Waals surface area contributed by atoms with Gasteiger partial charge in [-0.25, -0.2) is 0 Å². The molecule has 0 atom stereocenters. The Hall–Kier alpha value is -5.10. The van der Waals surface area contributed by atoms with Gasteiger partial charge in [-0.2, -0.15) is 0 Å². The Morgan fingerprint density at radius 3 is 1.02 bits per heavy atom. The van der Waals surface area contributed by atoms with Gasteiger partial charge in [0.2, 0.25) is 0 Å². The van der Waals surface area contributed by atoms with Crippen molar-refractivity contribution in [3.05, 3.63) is 89.5 Å². The molecular weight excluding hydrogens is 562 g/mol. The zero-order valence-corrected chi connectivity index (χ0v) is 23.3. The molecule has 12 heteroatoms. The maximum absolute atomic E-state index is 11.3. The number of quaternary nitrogens is 1. The minimum absolute atomic E-state index is 0.00315. The summed E-state index contributed by atoms with van der Waals surface area (Å²) in [7, 11) is 0. The number of carbonyl (C=O) groups is 4. The highest BCUT2D eigenvalue weighted by Crippen LogP contribution is 2.34. The predicted molar refractivity (Wildman–Crippen MR) is 152 cm³/mol. The molecule has 0 heterocycles. The van der Waals surface area contributed by atoms with E-state index in [2.05, 4.69) is 0 Å². The zero-order valence-electron chi connectivity index (χ0n) is 23.3. The smallest absolute Gasteiger partial charge is 0.309 e. The number of benzene rings is 3. The fraction of sp³-hybridized carbons (Fsp3) is 0.290. The molecule has 3 aromatic rings. The van der Waals surface area contributed by atoms with E-state index in [-0.39, 0.29) is 79.5 Å². The van der Waals surface area contributed by atoms with Crippen molar-refractivity contribution in [1.82, 2.24) is 0 Å². The molecule has 3 rings (SSSR count). The van der Waals surface area contributed by atoms with Gasteiger partial charge in [-0.05, 0) is 41.0 Å². The van der Waals surface area contributed by atoms with Gasteiger partial charge in [-0.15, -0.1) is 5.75 Å². The summed E-state index contributed by atoms with van der Waals surface area (Å²) in [5.74, 6) is -4.07. The molecule has 0 aliphatic heterocycles. The number of aliphatic carboxylic acids is 4. The first-order valence-electron chi connectivity index (χ1n) is 13.4. The van der Waals surface area contributed by atoms with E-state index in [0.29, 0.717) is 0 Å². The lowest BCUT2D eigenvalue weighted by Gasteiger charge is -2.37. The number of hydrogen-bond donors (Lipinski definition) is 6. The first kappa shape index (κ1) is 34.1. The van der Waals surface area contributed by atoms with Crippen LogP contribution in [-0.4, -0.2) is 85.2 Å². The van der Waals surface area contributed by atoms with Crippen molar-refractivity contribution >= 4 is 23.9 Å². The average molecular weight is 598 g/mol. The van der Waals surface area contributed by atoms with Gasteiger partial charge in [-0.1, -0.05) is 48.5 Å². The largest absolute Gasteiger partial charge is 0.872 e. The van der Waals surface area contributed by atoms with Crippen molar-refractivity contribution < 1.29 is 59.4 Å². The van der Waals surface area contributed by atoms with Crippen LogP contribution in [0.4, 0.5) is 0 Å². The maximum atomic E-state index is 11.3. The van der Waals surface area contributed by atoms with Gasteiger partial charge in [-0.3, -0.25) is 19.2 Å². The third kappa shape index (κ3) is 12.1. The van der Waals surface area contributed by atoms with Crippen molar-refractivity contribution in [3.63, 3.8) is 0 Å². The Kier molecular flexibility index (Phi) is 13.0. The summed E-state index contributed by atoms with van der Waals surface area (Å²) >= 11 is 0. The Bertz CT molecular complexity index is 1170. The van der Waals surface area contributed by atoms with Crippen molar-refractivity contribution in [2.24, 2.45) is 0 Å². The number of hydrogen-bond acceptors (Lipinski definition) is 7. The topological polar surface area (TPSA) is 213 Å². The van der Waals surface area contributed by atoms with E-state index in [1.807, 2.05) is 36.4 Å². The van der Waals surface area contributed by atoms with E-state index in [0.717, 1.165) is 16.7 Å². The summed E-state index contributed by atoms with van der Waals surface area (Å²) in [6, 6.07) is 20.7. The quantitative estimate of drug-likeness (QED) is 0.111. The van der Waals surface area contributed by atoms with Crippen LogP contribution < -0.4 is 5.11 Å². The lowest BCUT2D eigenvalue weighted by Crippen LogP contribution is -2.52. The van der Waals surface area contributed by atoms with Crippen LogP contribution in [0.5, 0.6) is 17.2 Å². The summed E-state index contributed by atoms with van der Waals surface area (Å²) in [4.78, 5) is 42.8. The molecule has 0 fully saturated rings. The second-order valence-corrected chi connectivity index (χ2v) is 10.00. The van der Waals surface area contributed by atoms with Crippen molar-refractivity contribution in [2.45, 2.75) is 31.6 Å². The monoisotopic (exact) mass is 597 g/mol. The molecule has 0 saturated carbocycles. The minimum Gasteiger partial charge on any atom is -0.872 e. The number of rotatable bonds is 15. The Labute approximate surface area is 247 Å². The second-order valence-electron chi connectivity index (χ2n) is 10.00. The maximum Gasteiger partial charge on any atom is 0.309 e. The van der Waals surface area contributed by atoms with Gasteiger partial charge in [0.15, 0.2) is 0 Å². The number of phenols is 2. The Balaban J connectivity index is 0.000000301. The van der Waals surface area contributed by atoms with Crippen LogP contribution in [-0.2, 0) is 19.2 Å². The molecule has 6 N–H and O–H groups in total. The van der Waals surface area contributed by atoms with Gasteiger partial charge < -0.3 is 40.2 Å². The standard InChI is InChI=1S/C19H16O3.C12H19NO8/c20-16-7-1-13(2-8-16)19(14-3-9-17(21)10-4-14)15-5-11-18(22)12-6-15;14-9(15)1-5-13(6-2-10(16)17,7-3-11(18)19)8-4-12(20)21/h1-12,19-22H;1-8H2,(H3-,14,15,16,17,18,19,20,21). The van der Waals surface area contributed by atoms with Crippen molar-refractivity contribution in [2.75, 3.05) is 26.2 Å². The molecule has 0 spiro atoms. The number of carboxylic acid groups (broad SMARTS) is 4. The first-order chi connectivity index (χ1) is 20.3. The van der Waals surface area contributed by atoms with E-state index < -0.39 is 23.9 Å². The van der Waals surface area contributed by atoms with E-state index in [1.54, 1.807) is 36.4 Å². The number of nitrogens with zero attached hydrogens (tertiary/aromatic N) is 1. The van der Waals surface area contributed by atoms with Crippen LogP contribution in [0.2, 0.25) is 0 Å². The molecule has 0 bridgehead atoms. The van der Waals surface area contributed by atoms with Crippen LogP contribution in [0.1, 0.15) is 48.3 Å². The average Bonchev–Trinajstić information content (AvgIpc) is 2.95. The number of aromatic hydroxyl groups is 2. The Morgan fingerprint density at radius 2 is 0.767 bits per heavy atom. The van der Waals surface area contributed by atoms with Gasteiger partial charge in [0.05, 0.1) is 51.9 Å². The van der Waals surface area contributed by atoms with Crippen LogP contribution >= 0.6 is 0 Å². The molecule has 43 heavy (non-hydrogen) atoms. The SMILES string of the molecule is O=C(O)CC[N+](CCC(=O)O)(CCC(=O)O)CCC(=O)O.[O-]c1ccc(C(c2ccc(O)cc2)c2ccc(O)cc2)cc1. The third-order valence-electron chi connectivity index (χ3n) is 6.87. The fourth-order valence-corrected chi connectivity index (χ4v) is 4.57. The third-order valence-corrected chi connectivity index (χ3v) is 6.87. The second kappa shape index (κ2) is 16.4. The van der Waals surface area contributed by atoms with E-state index in [1.165, 1.54) is 0 Å². The highest BCUT2D eigenvalue weighted by Gasteiger charge is 2.30. The molecule has 12 nitrogen and oxygen atoms in total. The van der Waals surface area contributed by atoms with Crippen LogP contribution in [0.25, 0.3) is 0 Å². The molecule has 3 aromatic carbocycles. The number of carboxylic acids is 4. The Morgan fingerprint density at radius 1 is 0.512 bits per heavy atom. The van der Waals surface area contributed by atoms with Gasteiger partial charge in [0.1, 0.15) is 11.5 Å². The highest BCUT2D eigenvalue weighted by atomic mass is 16.4. The molecule has 0 saturated heterocycles. The van der Waals surface area contributed by atoms with Gasteiger partial charge in [0.25, 0.3) is 0 Å². The molecule has 0 aromatic heterocycles. The van der Waals surface area contributed by atoms with Crippen LogP contribution in [0, 0.1) is 0 Å². The van der Waals surface area contributed by atoms with E-state index >= 15 is 0 Å². The summed E-state index contributed by atoms with van der Waals surface area (Å²) < 4.78 is -0.142. The van der Waals surface area contributed by atoms with E-state index in [9.17, 15) is 34.5 Å². The molecule has 0 aliphatic rings. The van der Waals surface area contributed by atoms with E-state index in [4.69, 9.17) is 20.4 Å². The first-order valence-corrected chi connectivity index (χ1v) is 13.4. The van der Waals surface area contributed by atoms with Gasteiger partial charge in [0, 0.05) is 5.92 Å². The van der Waals surface area contributed by atoms with Crippen LogP contribution in [0.15, 0.2) is 72.8 Å². The lowest BCUT2D eigenvalue weighted by molar-refractivity contribution is -0.926. The summed E-state index contributed by atoms with van der Waals surface area (Å²) in [5, 5.41) is 65.3. The highest BCUT2D eigenvalue weighted by molar-refractivity contribution is 5.68. The summed E-state index contributed by atoms with van der Waals surface area (Å²) in [6.45, 7) is 0.0126. The zero-order chi connectivity index (χ0) is 32.0. The molecule has 0 amide bonds. The molecule has 0 unspecified atom stereocenters.